The van der Waals surface area contributed by atoms with Gasteiger partial charge in [-0.3, -0.25) is 4.68 Å². The highest BCUT2D eigenvalue weighted by Crippen LogP contribution is 2.44. The molecule has 3 unspecified atom stereocenters. The molecule has 7 heteroatoms. The van der Waals surface area contributed by atoms with Gasteiger partial charge in [-0.1, -0.05) is 0 Å². The molecule has 0 aromatic carbocycles. The predicted octanol–water partition coefficient (Wildman–Crippen LogP) is 1.50. The van der Waals surface area contributed by atoms with Gasteiger partial charge < -0.3 is 4.74 Å². The number of rotatable bonds is 5. The van der Waals surface area contributed by atoms with Crippen LogP contribution in [0.25, 0.3) is 0 Å². The summed E-state index contributed by atoms with van der Waals surface area (Å²) in [6.45, 7) is 1.81. The second-order valence-electron chi connectivity index (χ2n) is 6.59. The highest BCUT2D eigenvalue weighted by atomic mass is 32.2. The molecule has 0 spiro atoms. The molecule has 0 N–H and O–H groups in total. The van der Waals surface area contributed by atoms with Crippen molar-refractivity contribution in [3.63, 3.8) is 0 Å². The molecule has 1 aromatic rings. The Hall–Kier alpha value is -0.920. The fourth-order valence-corrected chi connectivity index (χ4v) is 6.26. The van der Waals surface area contributed by atoms with Crippen LogP contribution in [0.4, 0.5) is 0 Å². The van der Waals surface area contributed by atoms with Crippen molar-refractivity contribution in [2.45, 2.75) is 56.7 Å². The topological polar surface area (TPSA) is 64.4 Å². The minimum Gasteiger partial charge on any atom is -0.381 e. The van der Waals surface area contributed by atoms with Gasteiger partial charge in [-0.05, 0) is 38.7 Å². The average Bonchev–Trinajstić information content (AvgIpc) is 3.00. The van der Waals surface area contributed by atoms with Gasteiger partial charge in [0.15, 0.2) is 0 Å². The van der Waals surface area contributed by atoms with Gasteiger partial charge in [-0.2, -0.15) is 9.40 Å². The molecule has 3 atom stereocenters. The zero-order chi connectivity index (χ0) is 15.9. The lowest BCUT2D eigenvalue weighted by Gasteiger charge is -2.38. The monoisotopic (exact) mass is 327 g/mol. The molecular weight excluding hydrogens is 302 g/mol. The van der Waals surface area contributed by atoms with Crippen molar-refractivity contribution in [2.75, 3.05) is 12.9 Å². The summed E-state index contributed by atoms with van der Waals surface area (Å²) in [5.74, 6) is 0.490. The highest BCUT2D eigenvalue weighted by molar-refractivity contribution is 7.89. The summed E-state index contributed by atoms with van der Waals surface area (Å²) in [6, 6.07) is 2.32. The SMILES string of the molecule is COC(C)CS(=O)(=O)N1C2CCC1CC(c1ccnn1C)C2. The van der Waals surface area contributed by atoms with E-state index in [1.165, 1.54) is 5.69 Å². The second kappa shape index (κ2) is 5.94. The fourth-order valence-electron chi connectivity index (χ4n) is 4.06. The molecule has 2 aliphatic rings. The third-order valence-corrected chi connectivity index (χ3v) is 7.24. The standard InChI is InChI=1S/C15H25N3O3S/c1-11(21-3)10-22(19,20)18-13-4-5-14(18)9-12(8-13)15-6-7-16-17(15)2/h6-7,11-14H,4-5,8-10H2,1-3H3. The fraction of sp³-hybridized carbons (Fsp3) is 0.800. The summed E-state index contributed by atoms with van der Waals surface area (Å²) >= 11 is 0. The molecule has 0 radical (unpaired) electrons. The summed E-state index contributed by atoms with van der Waals surface area (Å²) in [7, 11) is 0.271. The van der Waals surface area contributed by atoms with E-state index in [-0.39, 0.29) is 23.9 Å². The minimum atomic E-state index is -3.25. The number of ether oxygens (including phenoxy) is 1. The molecule has 0 amide bonds. The number of nitrogens with zero attached hydrogens (tertiary/aromatic N) is 3. The van der Waals surface area contributed by atoms with E-state index in [2.05, 4.69) is 11.2 Å². The van der Waals surface area contributed by atoms with Crippen LogP contribution >= 0.6 is 0 Å². The second-order valence-corrected chi connectivity index (χ2v) is 8.51. The predicted molar refractivity (Wildman–Crippen MR) is 84.1 cm³/mol. The first-order valence-corrected chi connectivity index (χ1v) is 9.55. The van der Waals surface area contributed by atoms with Crippen molar-refractivity contribution in [1.82, 2.24) is 14.1 Å². The lowest BCUT2D eigenvalue weighted by molar-refractivity contribution is 0.133. The van der Waals surface area contributed by atoms with Crippen LogP contribution in [0, 0.1) is 0 Å². The minimum absolute atomic E-state index is 0.0763. The van der Waals surface area contributed by atoms with Crippen LogP contribution in [-0.4, -0.2) is 53.6 Å². The van der Waals surface area contributed by atoms with Crippen molar-refractivity contribution < 1.29 is 13.2 Å². The van der Waals surface area contributed by atoms with Gasteiger partial charge in [-0.25, -0.2) is 8.42 Å². The normalized spacial score (nSPS) is 30.6. The first-order chi connectivity index (χ1) is 10.4. The number of aryl methyl sites for hydroxylation is 1. The molecule has 0 saturated carbocycles. The number of fused-ring (bicyclic) bond motifs is 2. The number of hydrogen-bond donors (Lipinski definition) is 0. The largest absolute Gasteiger partial charge is 0.381 e. The molecule has 0 aliphatic carbocycles. The van der Waals surface area contributed by atoms with Crippen molar-refractivity contribution in [2.24, 2.45) is 7.05 Å². The summed E-state index contributed by atoms with van der Waals surface area (Å²) in [5.41, 5.74) is 1.22. The van der Waals surface area contributed by atoms with Crippen LogP contribution in [-0.2, 0) is 21.8 Å². The van der Waals surface area contributed by atoms with Crippen LogP contribution < -0.4 is 0 Å². The third-order valence-electron chi connectivity index (χ3n) is 5.11. The van der Waals surface area contributed by atoms with Gasteiger partial charge in [0.25, 0.3) is 0 Å². The van der Waals surface area contributed by atoms with Gasteiger partial charge >= 0.3 is 0 Å². The maximum absolute atomic E-state index is 12.7. The average molecular weight is 327 g/mol. The maximum atomic E-state index is 12.7. The number of piperidine rings is 1. The van der Waals surface area contributed by atoms with E-state index in [1.807, 2.05) is 24.9 Å². The van der Waals surface area contributed by atoms with Crippen LogP contribution in [0.15, 0.2) is 12.3 Å². The van der Waals surface area contributed by atoms with Gasteiger partial charge in [0.2, 0.25) is 10.0 Å². The van der Waals surface area contributed by atoms with E-state index in [4.69, 9.17) is 4.74 Å². The smallest absolute Gasteiger partial charge is 0.217 e. The third kappa shape index (κ3) is 2.81. The van der Waals surface area contributed by atoms with Gasteiger partial charge in [0, 0.05) is 44.0 Å². The van der Waals surface area contributed by atoms with Crippen molar-refractivity contribution in [1.29, 1.82) is 0 Å². The molecule has 3 rings (SSSR count). The number of methoxy groups -OCH3 is 1. The molecule has 1 aromatic heterocycles. The molecule has 6 nitrogen and oxygen atoms in total. The van der Waals surface area contributed by atoms with Gasteiger partial charge in [-0.15, -0.1) is 0 Å². The lowest BCUT2D eigenvalue weighted by atomic mass is 9.89. The molecule has 2 saturated heterocycles. The summed E-state index contributed by atoms with van der Waals surface area (Å²) < 4.78 is 34.3. The van der Waals surface area contributed by atoms with Crippen LogP contribution in [0.2, 0.25) is 0 Å². The van der Waals surface area contributed by atoms with E-state index in [1.54, 1.807) is 11.4 Å². The van der Waals surface area contributed by atoms with Gasteiger partial charge in [0.05, 0.1) is 11.9 Å². The Morgan fingerprint density at radius 2 is 2.00 bits per heavy atom. The first kappa shape index (κ1) is 16.0. The van der Waals surface area contributed by atoms with E-state index in [9.17, 15) is 8.42 Å². The van der Waals surface area contributed by atoms with E-state index in [0.717, 1.165) is 25.7 Å². The van der Waals surface area contributed by atoms with Crippen molar-refractivity contribution in [3.05, 3.63) is 18.0 Å². The number of aromatic nitrogens is 2. The summed E-state index contributed by atoms with van der Waals surface area (Å²) in [4.78, 5) is 0. The first-order valence-electron chi connectivity index (χ1n) is 7.94. The quantitative estimate of drug-likeness (QED) is 0.822. The van der Waals surface area contributed by atoms with E-state index >= 15 is 0 Å². The van der Waals surface area contributed by atoms with Crippen LogP contribution in [0.1, 0.15) is 44.2 Å². The molecular formula is C15H25N3O3S. The maximum Gasteiger partial charge on any atom is 0.217 e. The zero-order valence-electron chi connectivity index (χ0n) is 13.5. The number of hydrogen-bond acceptors (Lipinski definition) is 4. The highest BCUT2D eigenvalue weighted by Gasteiger charge is 2.47. The molecule has 2 fully saturated rings. The number of sulfonamides is 1. The van der Waals surface area contributed by atoms with Crippen molar-refractivity contribution in [3.8, 4) is 0 Å². The molecule has 3 heterocycles. The summed E-state index contributed by atoms with van der Waals surface area (Å²) in [5, 5.41) is 4.25. The van der Waals surface area contributed by atoms with E-state index < -0.39 is 10.0 Å². The molecule has 124 valence electrons. The summed E-state index contributed by atoms with van der Waals surface area (Å²) in [6.07, 6.45) is 5.30. The van der Waals surface area contributed by atoms with Crippen LogP contribution in [0.5, 0.6) is 0 Å². The Labute approximate surface area is 132 Å². The van der Waals surface area contributed by atoms with Gasteiger partial charge in [0.1, 0.15) is 0 Å². The Bertz CT molecular complexity index is 614. The van der Waals surface area contributed by atoms with Crippen molar-refractivity contribution >= 4 is 10.0 Å². The zero-order valence-corrected chi connectivity index (χ0v) is 14.3. The van der Waals surface area contributed by atoms with Crippen LogP contribution in [0.3, 0.4) is 0 Å². The van der Waals surface area contributed by atoms with E-state index in [0.29, 0.717) is 5.92 Å². The molecule has 2 bridgehead atoms. The Morgan fingerprint density at radius 1 is 1.36 bits per heavy atom. The Morgan fingerprint density at radius 3 is 2.50 bits per heavy atom. The Balaban J connectivity index is 1.77. The lowest BCUT2D eigenvalue weighted by Crippen LogP contribution is -2.48. The molecule has 22 heavy (non-hydrogen) atoms. The molecule has 2 aliphatic heterocycles. The Kier molecular flexibility index (Phi) is 4.31.